The summed E-state index contributed by atoms with van der Waals surface area (Å²) in [6, 6.07) is 2.63. The summed E-state index contributed by atoms with van der Waals surface area (Å²) in [6.07, 6.45) is 4.21. The summed E-state index contributed by atoms with van der Waals surface area (Å²) in [7, 11) is 1.97. The number of hydrogen-bond donors (Lipinski definition) is 1. The van der Waals surface area contributed by atoms with E-state index in [-0.39, 0.29) is 0 Å². The molecule has 1 unspecified atom stereocenters. The Balaban J connectivity index is 2.49. The standard InChI is InChI=1S/C14H27N3S/c1-6-8-15-13(11-18-14(2,3)4)10-12-7-9-17(5)16-12/h7,9,13,15H,6,8,10-11H2,1-5H3. The molecular weight excluding hydrogens is 242 g/mol. The zero-order chi connectivity index (χ0) is 13.6. The van der Waals surface area contributed by atoms with E-state index in [0.29, 0.717) is 10.8 Å². The van der Waals surface area contributed by atoms with Gasteiger partial charge in [0.15, 0.2) is 0 Å². The average molecular weight is 269 g/mol. The minimum atomic E-state index is 0.330. The third kappa shape index (κ3) is 6.45. The van der Waals surface area contributed by atoms with Gasteiger partial charge in [-0.25, -0.2) is 0 Å². The highest BCUT2D eigenvalue weighted by molar-refractivity contribution is 8.00. The Morgan fingerprint density at radius 1 is 1.44 bits per heavy atom. The minimum Gasteiger partial charge on any atom is -0.313 e. The predicted molar refractivity (Wildman–Crippen MR) is 81.2 cm³/mol. The summed E-state index contributed by atoms with van der Waals surface area (Å²) < 4.78 is 2.21. The second-order valence-corrected chi connectivity index (χ2v) is 7.61. The van der Waals surface area contributed by atoms with Crippen LogP contribution < -0.4 is 5.32 Å². The summed E-state index contributed by atoms with van der Waals surface area (Å²) in [5, 5.41) is 8.10. The van der Waals surface area contributed by atoms with Crippen LogP contribution in [0.4, 0.5) is 0 Å². The van der Waals surface area contributed by atoms with Crippen molar-refractivity contribution in [2.45, 2.75) is 51.3 Å². The van der Waals surface area contributed by atoms with E-state index < -0.39 is 0 Å². The Labute approximate surface area is 116 Å². The van der Waals surface area contributed by atoms with Gasteiger partial charge in [0.05, 0.1) is 5.69 Å². The molecule has 0 aliphatic heterocycles. The molecule has 0 saturated carbocycles. The topological polar surface area (TPSA) is 29.9 Å². The monoisotopic (exact) mass is 269 g/mol. The van der Waals surface area contributed by atoms with Crippen molar-refractivity contribution in [1.29, 1.82) is 0 Å². The highest BCUT2D eigenvalue weighted by Crippen LogP contribution is 2.24. The molecule has 0 fully saturated rings. The van der Waals surface area contributed by atoms with E-state index in [1.807, 2.05) is 29.7 Å². The maximum absolute atomic E-state index is 4.47. The summed E-state index contributed by atoms with van der Waals surface area (Å²) >= 11 is 2.02. The fourth-order valence-corrected chi connectivity index (χ4v) is 2.65. The van der Waals surface area contributed by atoms with Crippen LogP contribution in [0.5, 0.6) is 0 Å². The van der Waals surface area contributed by atoms with Gasteiger partial charge in [0.1, 0.15) is 0 Å². The van der Waals surface area contributed by atoms with Crippen LogP contribution in [0.1, 0.15) is 39.8 Å². The van der Waals surface area contributed by atoms with Crippen LogP contribution in [0, 0.1) is 0 Å². The Bertz CT molecular complexity index is 341. The molecule has 0 bridgehead atoms. The summed E-state index contributed by atoms with van der Waals surface area (Å²) in [4.78, 5) is 0. The Kier molecular flexibility index (Phi) is 6.22. The van der Waals surface area contributed by atoms with Crippen molar-refractivity contribution < 1.29 is 0 Å². The van der Waals surface area contributed by atoms with E-state index in [0.717, 1.165) is 18.7 Å². The molecule has 0 radical (unpaired) electrons. The summed E-state index contributed by atoms with van der Waals surface area (Å²) in [5.74, 6) is 1.14. The smallest absolute Gasteiger partial charge is 0.0640 e. The van der Waals surface area contributed by atoms with Gasteiger partial charge < -0.3 is 5.32 Å². The number of nitrogens with one attached hydrogen (secondary N) is 1. The molecule has 1 aromatic heterocycles. The Morgan fingerprint density at radius 2 is 2.17 bits per heavy atom. The van der Waals surface area contributed by atoms with E-state index in [1.165, 1.54) is 12.1 Å². The summed E-state index contributed by atoms with van der Waals surface area (Å²) in [5.41, 5.74) is 1.18. The first kappa shape index (κ1) is 15.6. The average Bonchev–Trinajstić information content (AvgIpc) is 2.67. The number of rotatable bonds is 7. The van der Waals surface area contributed by atoms with Crippen molar-refractivity contribution in [3.63, 3.8) is 0 Å². The van der Waals surface area contributed by atoms with Crippen LogP contribution in [-0.2, 0) is 13.5 Å². The van der Waals surface area contributed by atoms with Gasteiger partial charge >= 0.3 is 0 Å². The van der Waals surface area contributed by atoms with Crippen LogP contribution in [0.3, 0.4) is 0 Å². The lowest BCUT2D eigenvalue weighted by Crippen LogP contribution is -2.35. The van der Waals surface area contributed by atoms with Gasteiger partial charge in [0.2, 0.25) is 0 Å². The summed E-state index contributed by atoms with van der Waals surface area (Å²) in [6.45, 7) is 10.1. The van der Waals surface area contributed by atoms with Crippen molar-refractivity contribution in [2.75, 3.05) is 12.3 Å². The molecular formula is C14H27N3S. The van der Waals surface area contributed by atoms with E-state index >= 15 is 0 Å². The van der Waals surface area contributed by atoms with Gasteiger partial charge in [-0.15, -0.1) is 0 Å². The maximum Gasteiger partial charge on any atom is 0.0640 e. The van der Waals surface area contributed by atoms with Crippen molar-refractivity contribution in [2.24, 2.45) is 7.05 Å². The zero-order valence-electron chi connectivity index (χ0n) is 12.4. The molecule has 0 aliphatic carbocycles. The number of hydrogen-bond acceptors (Lipinski definition) is 3. The fraction of sp³-hybridized carbons (Fsp3) is 0.786. The van der Waals surface area contributed by atoms with E-state index in [2.05, 4.69) is 44.2 Å². The van der Waals surface area contributed by atoms with Gasteiger partial charge in [-0.05, 0) is 19.0 Å². The molecule has 1 atom stereocenters. The lowest BCUT2D eigenvalue weighted by Gasteiger charge is -2.23. The largest absolute Gasteiger partial charge is 0.313 e. The SMILES string of the molecule is CCCNC(CSC(C)(C)C)Cc1ccn(C)n1. The molecule has 3 nitrogen and oxygen atoms in total. The molecule has 4 heteroatoms. The van der Waals surface area contributed by atoms with Crippen LogP contribution in [0.25, 0.3) is 0 Å². The predicted octanol–water partition coefficient (Wildman–Crippen LogP) is 2.86. The third-order valence-corrected chi connectivity index (χ3v) is 4.06. The van der Waals surface area contributed by atoms with Crippen LogP contribution in [0.2, 0.25) is 0 Å². The quantitative estimate of drug-likeness (QED) is 0.825. The highest BCUT2D eigenvalue weighted by atomic mass is 32.2. The first-order valence-corrected chi connectivity index (χ1v) is 7.75. The van der Waals surface area contributed by atoms with Crippen molar-refractivity contribution >= 4 is 11.8 Å². The number of aromatic nitrogens is 2. The molecule has 0 aliphatic rings. The van der Waals surface area contributed by atoms with Crippen molar-refractivity contribution in [3.8, 4) is 0 Å². The molecule has 1 aromatic rings. The molecule has 1 N–H and O–H groups in total. The van der Waals surface area contributed by atoms with Gasteiger partial charge in [-0.3, -0.25) is 4.68 Å². The normalized spacial score (nSPS) is 13.8. The molecule has 0 aromatic carbocycles. The van der Waals surface area contributed by atoms with Gasteiger partial charge in [-0.1, -0.05) is 27.7 Å². The zero-order valence-corrected chi connectivity index (χ0v) is 13.2. The molecule has 1 heterocycles. The molecule has 0 amide bonds. The van der Waals surface area contributed by atoms with Crippen molar-refractivity contribution in [1.82, 2.24) is 15.1 Å². The highest BCUT2D eigenvalue weighted by Gasteiger charge is 2.16. The number of nitrogens with zero attached hydrogens (tertiary/aromatic N) is 2. The van der Waals surface area contributed by atoms with Gasteiger partial charge in [0, 0.05) is 36.2 Å². The molecule has 1 rings (SSSR count). The first-order valence-electron chi connectivity index (χ1n) is 6.76. The third-order valence-electron chi connectivity index (χ3n) is 2.62. The second-order valence-electron chi connectivity index (χ2n) is 5.76. The molecule has 18 heavy (non-hydrogen) atoms. The van der Waals surface area contributed by atoms with E-state index in [1.54, 1.807) is 0 Å². The van der Waals surface area contributed by atoms with Gasteiger partial charge in [0.25, 0.3) is 0 Å². The molecule has 0 saturated heterocycles. The minimum absolute atomic E-state index is 0.330. The second kappa shape index (κ2) is 7.19. The van der Waals surface area contributed by atoms with Crippen LogP contribution >= 0.6 is 11.8 Å². The lowest BCUT2D eigenvalue weighted by atomic mass is 10.2. The Morgan fingerprint density at radius 3 is 2.67 bits per heavy atom. The number of aryl methyl sites for hydroxylation is 1. The first-order chi connectivity index (χ1) is 8.40. The molecule has 104 valence electrons. The molecule has 0 spiro atoms. The van der Waals surface area contributed by atoms with Gasteiger partial charge in [-0.2, -0.15) is 16.9 Å². The van der Waals surface area contributed by atoms with Crippen molar-refractivity contribution in [3.05, 3.63) is 18.0 Å². The van der Waals surface area contributed by atoms with E-state index in [4.69, 9.17) is 0 Å². The fourth-order valence-electron chi connectivity index (χ4n) is 1.71. The van der Waals surface area contributed by atoms with Crippen LogP contribution in [0.15, 0.2) is 12.3 Å². The van der Waals surface area contributed by atoms with Crippen LogP contribution in [-0.4, -0.2) is 32.9 Å². The maximum atomic E-state index is 4.47. The van der Waals surface area contributed by atoms with E-state index in [9.17, 15) is 0 Å². The Hall–Kier alpha value is -0.480. The number of thioether (sulfide) groups is 1. The lowest BCUT2D eigenvalue weighted by molar-refractivity contribution is 0.540.